The van der Waals surface area contributed by atoms with Crippen molar-refractivity contribution in [2.24, 2.45) is 0 Å². The van der Waals surface area contributed by atoms with Gasteiger partial charge in [0.1, 0.15) is 5.82 Å². The van der Waals surface area contributed by atoms with Gasteiger partial charge >= 0.3 is 0 Å². The lowest BCUT2D eigenvalue weighted by Crippen LogP contribution is -2.19. The Balaban J connectivity index is 2.46. The molecule has 1 aromatic heterocycles. The Morgan fingerprint density at radius 2 is 2.33 bits per heavy atom. The molecule has 0 unspecified atom stereocenters. The molecule has 66 valence electrons. The third-order valence-corrected chi connectivity index (χ3v) is 1.54. The highest BCUT2D eigenvalue weighted by Gasteiger charge is 1.94. The Labute approximate surface area is 71.6 Å². The van der Waals surface area contributed by atoms with Gasteiger partial charge in [0, 0.05) is 19.3 Å². The van der Waals surface area contributed by atoms with E-state index >= 15 is 0 Å². The molecule has 0 aromatic carbocycles. The summed E-state index contributed by atoms with van der Waals surface area (Å²) in [4.78, 5) is 4.13. The number of nitrogens with zero attached hydrogens (tertiary/aromatic N) is 1. The van der Waals surface area contributed by atoms with E-state index in [0.29, 0.717) is 13.1 Å². The standard InChI is InChI=1S/C8H13N3O/c1-7-3-2-4-9-8(7)10-5-6-11-12/h2-4,11-12H,5-6H2,1H3,(H,9,10). The zero-order chi connectivity index (χ0) is 8.81. The number of hydrogen-bond donors (Lipinski definition) is 3. The second-order valence-corrected chi connectivity index (χ2v) is 2.50. The lowest BCUT2D eigenvalue weighted by molar-refractivity contribution is 0.171. The van der Waals surface area contributed by atoms with Crippen molar-refractivity contribution in [1.29, 1.82) is 0 Å². The van der Waals surface area contributed by atoms with Gasteiger partial charge in [-0.05, 0) is 18.6 Å². The monoisotopic (exact) mass is 167 g/mol. The van der Waals surface area contributed by atoms with E-state index in [1.807, 2.05) is 19.1 Å². The van der Waals surface area contributed by atoms with Crippen LogP contribution in [0.15, 0.2) is 18.3 Å². The summed E-state index contributed by atoms with van der Waals surface area (Å²) < 4.78 is 0. The van der Waals surface area contributed by atoms with Crippen molar-refractivity contribution in [3.8, 4) is 0 Å². The van der Waals surface area contributed by atoms with Crippen molar-refractivity contribution < 1.29 is 5.21 Å². The molecule has 1 heterocycles. The molecule has 3 N–H and O–H groups in total. The highest BCUT2D eigenvalue weighted by atomic mass is 16.5. The SMILES string of the molecule is Cc1cccnc1NCCNO. The van der Waals surface area contributed by atoms with Gasteiger partial charge in [-0.3, -0.25) is 0 Å². The topological polar surface area (TPSA) is 57.2 Å². The van der Waals surface area contributed by atoms with Crippen LogP contribution in [0.2, 0.25) is 0 Å². The molecule has 0 radical (unpaired) electrons. The van der Waals surface area contributed by atoms with Crippen molar-refractivity contribution in [3.05, 3.63) is 23.9 Å². The average Bonchev–Trinajstić information content (AvgIpc) is 2.09. The minimum atomic E-state index is 0.510. The van der Waals surface area contributed by atoms with E-state index in [1.54, 1.807) is 6.20 Å². The Hall–Kier alpha value is -1.13. The van der Waals surface area contributed by atoms with Gasteiger partial charge in [0.05, 0.1) is 0 Å². The predicted molar refractivity (Wildman–Crippen MR) is 47.3 cm³/mol. The quantitative estimate of drug-likeness (QED) is 0.458. The van der Waals surface area contributed by atoms with Crippen molar-refractivity contribution in [2.75, 3.05) is 18.4 Å². The number of hydrogen-bond acceptors (Lipinski definition) is 4. The van der Waals surface area contributed by atoms with Crippen LogP contribution in [0, 0.1) is 6.92 Å². The molecule has 0 fully saturated rings. The number of nitrogens with one attached hydrogen (secondary N) is 2. The highest BCUT2D eigenvalue weighted by molar-refractivity contribution is 5.42. The summed E-state index contributed by atoms with van der Waals surface area (Å²) in [5.74, 6) is 0.868. The molecular formula is C8H13N3O. The Morgan fingerprint density at radius 1 is 1.50 bits per heavy atom. The minimum absolute atomic E-state index is 0.510. The van der Waals surface area contributed by atoms with Gasteiger partial charge in [-0.25, -0.2) is 10.5 Å². The Morgan fingerprint density at radius 3 is 3.00 bits per heavy atom. The molecule has 0 bridgehead atoms. The first-order valence-electron chi connectivity index (χ1n) is 3.87. The van der Waals surface area contributed by atoms with Crippen LogP contribution in [0.5, 0.6) is 0 Å². The number of hydroxylamine groups is 1. The fourth-order valence-electron chi connectivity index (χ4n) is 0.908. The van der Waals surface area contributed by atoms with Gasteiger partial charge in [-0.15, -0.1) is 0 Å². The van der Waals surface area contributed by atoms with Crippen molar-refractivity contribution in [3.63, 3.8) is 0 Å². The van der Waals surface area contributed by atoms with Crippen LogP contribution < -0.4 is 10.8 Å². The van der Waals surface area contributed by atoms with Gasteiger partial charge in [-0.2, -0.15) is 0 Å². The van der Waals surface area contributed by atoms with Crippen molar-refractivity contribution >= 4 is 5.82 Å². The largest absolute Gasteiger partial charge is 0.368 e. The maximum Gasteiger partial charge on any atom is 0.128 e. The van der Waals surface area contributed by atoms with Crippen molar-refractivity contribution in [2.45, 2.75) is 6.92 Å². The summed E-state index contributed by atoms with van der Waals surface area (Å²) in [6.45, 7) is 3.16. The molecule has 12 heavy (non-hydrogen) atoms. The second kappa shape index (κ2) is 4.69. The average molecular weight is 167 g/mol. The molecule has 1 aromatic rings. The molecule has 0 saturated carbocycles. The molecule has 0 amide bonds. The summed E-state index contributed by atoms with van der Waals surface area (Å²) in [5.41, 5.74) is 3.17. The molecule has 0 saturated heterocycles. The van der Waals surface area contributed by atoms with Crippen molar-refractivity contribution in [1.82, 2.24) is 10.5 Å². The Kier molecular flexibility index (Phi) is 3.50. The molecule has 0 aliphatic rings. The summed E-state index contributed by atoms with van der Waals surface area (Å²) in [6, 6.07) is 3.88. The first-order valence-corrected chi connectivity index (χ1v) is 3.87. The number of aryl methyl sites for hydroxylation is 1. The molecule has 0 aliphatic carbocycles. The van der Waals surface area contributed by atoms with Gasteiger partial charge in [0.25, 0.3) is 0 Å². The molecule has 0 atom stereocenters. The zero-order valence-electron chi connectivity index (χ0n) is 7.04. The van der Waals surface area contributed by atoms with Crippen LogP contribution in [0.25, 0.3) is 0 Å². The lowest BCUT2D eigenvalue weighted by atomic mass is 10.3. The van der Waals surface area contributed by atoms with Gasteiger partial charge in [0.15, 0.2) is 0 Å². The summed E-state index contributed by atoms with van der Waals surface area (Å²) in [5, 5.41) is 11.4. The molecular weight excluding hydrogens is 154 g/mol. The van der Waals surface area contributed by atoms with E-state index in [1.165, 1.54) is 0 Å². The smallest absolute Gasteiger partial charge is 0.128 e. The fraction of sp³-hybridized carbons (Fsp3) is 0.375. The molecule has 1 rings (SSSR count). The maximum atomic E-state index is 8.30. The minimum Gasteiger partial charge on any atom is -0.368 e. The normalized spacial score (nSPS) is 9.83. The van der Waals surface area contributed by atoms with Gasteiger partial charge in [0.2, 0.25) is 0 Å². The first kappa shape index (κ1) is 8.96. The first-order chi connectivity index (χ1) is 5.84. The van der Waals surface area contributed by atoms with E-state index in [-0.39, 0.29) is 0 Å². The highest BCUT2D eigenvalue weighted by Crippen LogP contribution is 2.07. The van der Waals surface area contributed by atoms with Crippen LogP contribution in [0.3, 0.4) is 0 Å². The van der Waals surface area contributed by atoms with Gasteiger partial charge < -0.3 is 10.5 Å². The second-order valence-electron chi connectivity index (χ2n) is 2.50. The third-order valence-electron chi connectivity index (χ3n) is 1.54. The molecule has 4 nitrogen and oxygen atoms in total. The number of rotatable bonds is 4. The number of aromatic nitrogens is 1. The fourth-order valence-corrected chi connectivity index (χ4v) is 0.908. The summed E-state index contributed by atoms with van der Waals surface area (Å²) in [6.07, 6.45) is 1.74. The summed E-state index contributed by atoms with van der Waals surface area (Å²) in [7, 11) is 0. The van der Waals surface area contributed by atoms with Crippen LogP contribution >= 0.6 is 0 Å². The zero-order valence-corrected chi connectivity index (χ0v) is 7.04. The van der Waals surface area contributed by atoms with E-state index in [9.17, 15) is 0 Å². The molecule has 0 aliphatic heterocycles. The number of anilines is 1. The van der Waals surface area contributed by atoms with Gasteiger partial charge in [-0.1, -0.05) is 6.07 Å². The van der Waals surface area contributed by atoms with Crippen LogP contribution in [-0.2, 0) is 0 Å². The van der Waals surface area contributed by atoms with E-state index in [4.69, 9.17) is 5.21 Å². The third kappa shape index (κ3) is 2.48. The predicted octanol–water partition coefficient (Wildman–Crippen LogP) is 0.781. The number of pyridine rings is 1. The van der Waals surface area contributed by atoms with E-state index in [0.717, 1.165) is 11.4 Å². The van der Waals surface area contributed by atoms with Crippen LogP contribution in [0.4, 0.5) is 5.82 Å². The molecule has 0 spiro atoms. The van der Waals surface area contributed by atoms with E-state index in [2.05, 4.69) is 15.8 Å². The lowest BCUT2D eigenvalue weighted by Gasteiger charge is -2.06. The van der Waals surface area contributed by atoms with Crippen LogP contribution in [-0.4, -0.2) is 23.3 Å². The molecule has 4 heteroatoms. The van der Waals surface area contributed by atoms with E-state index < -0.39 is 0 Å². The van der Waals surface area contributed by atoms with Crippen LogP contribution in [0.1, 0.15) is 5.56 Å². The maximum absolute atomic E-state index is 8.30. The summed E-state index contributed by atoms with van der Waals surface area (Å²) >= 11 is 0. The Bertz CT molecular complexity index is 239.